The molecule has 1 aromatic carbocycles. The monoisotopic (exact) mass is 474 g/mol. The van der Waals surface area contributed by atoms with Crippen LogP contribution in [-0.4, -0.2) is 10.7 Å². The Morgan fingerprint density at radius 3 is 2.51 bits per heavy atom. The number of hydrogen-bond donors (Lipinski definition) is 1. The minimum Gasteiger partial charge on any atom is -0.385 e. The highest BCUT2D eigenvalue weighted by atomic mass is 16.3. The molecule has 4 saturated carbocycles. The summed E-state index contributed by atoms with van der Waals surface area (Å²) in [6.07, 6.45) is 17.3. The van der Waals surface area contributed by atoms with Crippen molar-refractivity contribution in [2.24, 2.45) is 40.4 Å². The SMILES string of the molecule is C=C1CCC2CC12[C@@](O)(/C=C1\CCC[C@]2(C)[C@@H]([C@H](C)CCCC(C)C)CC[C@@H]12)Cc1ccccc1. The second kappa shape index (κ2) is 9.51. The van der Waals surface area contributed by atoms with Crippen LogP contribution in [0.15, 0.2) is 54.1 Å². The molecule has 0 bridgehead atoms. The molecule has 1 aromatic rings. The van der Waals surface area contributed by atoms with E-state index in [0.29, 0.717) is 17.3 Å². The first-order valence-corrected chi connectivity index (χ1v) is 14.9. The van der Waals surface area contributed by atoms with E-state index in [1.807, 2.05) is 0 Å². The number of allylic oxidation sites excluding steroid dienone is 1. The van der Waals surface area contributed by atoms with E-state index >= 15 is 0 Å². The van der Waals surface area contributed by atoms with Gasteiger partial charge in [-0.3, -0.25) is 0 Å². The molecular weight excluding hydrogens is 424 g/mol. The zero-order valence-electron chi connectivity index (χ0n) is 23.0. The van der Waals surface area contributed by atoms with Gasteiger partial charge in [-0.15, -0.1) is 0 Å². The fourth-order valence-electron chi connectivity index (χ4n) is 9.31. The quantitative estimate of drug-likeness (QED) is 0.354. The Morgan fingerprint density at radius 2 is 1.86 bits per heavy atom. The van der Waals surface area contributed by atoms with Crippen LogP contribution in [0, 0.1) is 40.4 Å². The summed E-state index contributed by atoms with van der Waals surface area (Å²) in [5, 5.41) is 12.6. The molecule has 2 unspecified atom stereocenters. The van der Waals surface area contributed by atoms with Crippen molar-refractivity contribution in [3.63, 3.8) is 0 Å². The lowest BCUT2D eigenvalue weighted by atomic mass is 9.60. The number of hydrogen-bond acceptors (Lipinski definition) is 1. The number of aliphatic hydroxyl groups is 1. The van der Waals surface area contributed by atoms with Gasteiger partial charge in [0.05, 0.1) is 5.60 Å². The van der Waals surface area contributed by atoms with Gasteiger partial charge in [0.15, 0.2) is 0 Å². The van der Waals surface area contributed by atoms with E-state index < -0.39 is 5.60 Å². The second-order valence-electron chi connectivity index (χ2n) is 13.7. The summed E-state index contributed by atoms with van der Waals surface area (Å²) in [5.41, 5.74) is 3.70. The van der Waals surface area contributed by atoms with E-state index in [4.69, 9.17) is 0 Å². The fourth-order valence-corrected chi connectivity index (χ4v) is 9.31. The lowest BCUT2D eigenvalue weighted by molar-refractivity contribution is 0.0236. The van der Waals surface area contributed by atoms with Crippen LogP contribution < -0.4 is 0 Å². The Kier molecular flexibility index (Phi) is 6.88. The molecule has 4 aliphatic carbocycles. The van der Waals surface area contributed by atoms with Crippen molar-refractivity contribution in [2.75, 3.05) is 0 Å². The van der Waals surface area contributed by atoms with Crippen molar-refractivity contribution in [1.82, 2.24) is 0 Å². The van der Waals surface area contributed by atoms with Crippen molar-refractivity contribution >= 4 is 0 Å². The van der Waals surface area contributed by atoms with Crippen LogP contribution in [0.5, 0.6) is 0 Å². The van der Waals surface area contributed by atoms with Gasteiger partial charge >= 0.3 is 0 Å². The van der Waals surface area contributed by atoms with Gasteiger partial charge in [-0.1, -0.05) is 101 Å². The van der Waals surface area contributed by atoms with Crippen molar-refractivity contribution in [2.45, 2.75) is 110 Å². The molecule has 4 aliphatic rings. The summed E-state index contributed by atoms with van der Waals surface area (Å²) in [5.74, 6) is 3.75. The molecule has 0 heterocycles. The molecule has 1 N–H and O–H groups in total. The Morgan fingerprint density at radius 1 is 1.09 bits per heavy atom. The minimum atomic E-state index is -0.791. The first-order chi connectivity index (χ1) is 16.7. The average molecular weight is 475 g/mol. The van der Waals surface area contributed by atoms with Gasteiger partial charge in [0, 0.05) is 11.8 Å². The van der Waals surface area contributed by atoms with Gasteiger partial charge in [0.1, 0.15) is 0 Å². The molecule has 0 radical (unpaired) electrons. The molecule has 0 spiro atoms. The first-order valence-electron chi connectivity index (χ1n) is 14.9. The van der Waals surface area contributed by atoms with Crippen LogP contribution in [0.3, 0.4) is 0 Å². The summed E-state index contributed by atoms with van der Waals surface area (Å²) < 4.78 is 0. The molecule has 0 aliphatic heterocycles. The average Bonchev–Trinajstić information content (AvgIpc) is 3.33. The van der Waals surface area contributed by atoms with Crippen molar-refractivity contribution in [3.05, 3.63) is 59.7 Å². The van der Waals surface area contributed by atoms with Crippen molar-refractivity contribution < 1.29 is 5.11 Å². The third kappa shape index (κ3) is 4.39. The van der Waals surface area contributed by atoms with Gasteiger partial charge < -0.3 is 5.11 Å². The molecule has 1 nitrogen and oxygen atoms in total. The highest BCUT2D eigenvalue weighted by molar-refractivity contribution is 5.41. The third-order valence-electron chi connectivity index (χ3n) is 11.2. The van der Waals surface area contributed by atoms with Crippen LogP contribution >= 0.6 is 0 Å². The van der Waals surface area contributed by atoms with Gasteiger partial charge in [0.2, 0.25) is 0 Å². The first kappa shape index (κ1) is 25.3. The summed E-state index contributed by atoms with van der Waals surface area (Å²) in [7, 11) is 0. The molecule has 0 aromatic heterocycles. The maximum absolute atomic E-state index is 12.6. The Labute approximate surface area is 215 Å². The minimum absolute atomic E-state index is 0.0775. The van der Waals surface area contributed by atoms with Gasteiger partial charge in [-0.05, 0) is 91.9 Å². The van der Waals surface area contributed by atoms with Crippen LogP contribution in [0.4, 0.5) is 0 Å². The summed E-state index contributed by atoms with van der Waals surface area (Å²) in [6, 6.07) is 10.7. The summed E-state index contributed by atoms with van der Waals surface area (Å²) >= 11 is 0. The maximum Gasteiger partial charge on any atom is 0.0966 e. The number of fused-ring (bicyclic) bond motifs is 2. The van der Waals surface area contributed by atoms with E-state index in [1.54, 1.807) is 5.57 Å². The zero-order valence-corrected chi connectivity index (χ0v) is 23.0. The molecule has 35 heavy (non-hydrogen) atoms. The molecule has 7 atom stereocenters. The van der Waals surface area contributed by atoms with Crippen molar-refractivity contribution in [1.29, 1.82) is 0 Å². The van der Waals surface area contributed by atoms with Gasteiger partial charge in [0.25, 0.3) is 0 Å². The largest absolute Gasteiger partial charge is 0.385 e. The van der Waals surface area contributed by atoms with Gasteiger partial charge in [-0.25, -0.2) is 0 Å². The molecule has 0 saturated heterocycles. The van der Waals surface area contributed by atoms with Gasteiger partial charge in [-0.2, -0.15) is 0 Å². The lowest BCUT2D eigenvalue weighted by Gasteiger charge is -2.46. The molecule has 5 rings (SSSR count). The number of rotatable bonds is 9. The second-order valence-corrected chi connectivity index (χ2v) is 13.7. The Balaban J connectivity index is 1.42. The Hall–Kier alpha value is -1.34. The van der Waals surface area contributed by atoms with Crippen molar-refractivity contribution in [3.8, 4) is 0 Å². The molecule has 0 amide bonds. The smallest absolute Gasteiger partial charge is 0.0966 e. The van der Waals surface area contributed by atoms with Crippen LogP contribution in [0.25, 0.3) is 0 Å². The van der Waals surface area contributed by atoms with Crippen LogP contribution in [0.2, 0.25) is 0 Å². The van der Waals surface area contributed by atoms with E-state index in [0.717, 1.165) is 37.0 Å². The normalized spacial score (nSPS) is 37.8. The standard InChI is InChI=1S/C34H50O/c1-24(2)11-9-12-25(3)30-18-19-31-28(15-10-20-32(30,31)5)22-33(35,21-27-13-7-6-8-14-27)34-23-29(34)17-16-26(34)4/h6-8,13-14,22,24-25,29-31,35H,4,9-12,15-21,23H2,1-3,5H3/b28-22+/t25-,29?,30-,31+,32-,33+,34?/m1/s1. The molecular formula is C34H50O. The maximum atomic E-state index is 12.6. The number of benzene rings is 1. The van der Waals surface area contributed by atoms with Crippen LogP contribution in [0.1, 0.15) is 104 Å². The van der Waals surface area contributed by atoms with E-state index in [1.165, 1.54) is 68.9 Å². The highest BCUT2D eigenvalue weighted by Gasteiger charge is 2.69. The molecule has 4 fully saturated rings. The topological polar surface area (TPSA) is 20.2 Å². The summed E-state index contributed by atoms with van der Waals surface area (Å²) in [4.78, 5) is 0. The highest BCUT2D eigenvalue weighted by Crippen LogP contribution is 2.72. The predicted octanol–water partition coefficient (Wildman–Crippen LogP) is 8.92. The van der Waals surface area contributed by atoms with Crippen LogP contribution in [-0.2, 0) is 6.42 Å². The Bertz CT molecular complexity index is 943. The molecule has 192 valence electrons. The lowest BCUT2D eigenvalue weighted by Crippen LogP contribution is -2.43. The third-order valence-corrected chi connectivity index (χ3v) is 11.2. The van der Waals surface area contributed by atoms with E-state index in [-0.39, 0.29) is 5.41 Å². The predicted molar refractivity (Wildman–Crippen MR) is 148 cm³/mol. The zero-order chi connectivity index (χ0) is 24.8. The summed E-state index contributed by atoms with van der Waals surface area (Å²) in [6.45, 7) is 14.4. The van der Waals surface area contributed by atoms with E-state index in [9.17, 15) is 5.11 Å². The molecule has 1 heteroatoms. The fraction of sp³-hybridized carbons (Fsp3) is 0.706. The van der Waals surface area contributed by atoms with E-state index in [2.05, 4.69) is 70.7 Å².